The zero-order valence-corrected chi connectivity index (χ0v) is 10.8. The molecule has 0 radical (unpaired) electrons. The summed E-state index contributed by atoms with van der Waals surface area (Å²) in [6.07, 6.45) is 5.03. The molecule has 1 aliphatic heterocycles. The molecule has 3 heteroatoms. The normalized spacial score (nSPS) is 22.5. The Balaban J connectivity index is 2.05. The van der Waals surface area contributed by atoms with Gasteiger partial charge in [0, 0.05) is 24.7 Å². The number of nitrogens with zero attached hydrogens (tertiary/aromatic N) is 2. The molecule has 1 N–H and O–H groups in total. The summed E-state index contributed by atoms with van der Waals surface area (Å²) in [6.45, 7) is 6.04. The van der Waals surface area contributed by atoms with Gasteiger partial charge in [-0.2, -0.15) is 0 Å². The predicted octanol–water partition coefficient (Wildman–Crippen LogP) is 2.24. The first-order valence-electron chi connectivity index (χ1n) is 6.58. The summed E-state index contributed by atoms with van der Waals surface area (Å²) in [6, 6.07) is 4.25. The zero-order valence-electron chi connectivity index (χ0n) is 10.8. The fraction of sp³-hybridized carbons (Fsp3) is 0.643. The maximum Gasteiger partial charge on any atom is 0.0557 e. The van der Waals surface area contributed by atoms with Gasteiger partial charge in [0.25, 0.3) is 0 Å². The lowest BCUT2D eigenvalue weighted by molar-refractivity contribution is 0.115. The third-order valence-corrected chi connectivity index (χ3v) is 3.68. The van der Waals surface area contributed by atoms with E-state index in [2.05, 4.69) is 28.9 Å². The second-order valence-electron chi connectivity index (χ2n) is 4.95. The molecule has 1 aromatic heterocycles. The van der Waals surface area contributed by atoms with Crippen molar-refractivity contribution < 1.29 is 5.11 Å². The molecular weight excluding hydrogens is 212 g/mol. The van der Waals surface area contributed by atoms with Gasteiger partial charge in [0.2, 0.25) is 0 Å². The molecule has 1 fully saturated rings. The number of aliphatic hydroxyl groups is 1. The number of piperidine rings is 1. The number of aliphatic hydroxyl groups excluding tert-OH is 1. The number of hydrogen-bond donors (Lipinski definition) is 1. The molecule has 3 nitrogen and oxygen atoms in total. The molecule has 0 amide bonds. The highest BCUT2D eigenvalue weighted by Crippen LogP contribution is 2.24. The van der Waals surface area contributed by atoms with Gasteiger partial charge in [0.15, 0.2) is 0 Å². The molecular formula is C14H22N2O. The second kappa shape index (κ2) is 5.50. The predicted molar refractivity (Wildman–Crippen MR) is 70.2 cm³/mol. The third-order valence-electron chi connectivity index (χ3n) is 3.68. The van der Waals surface area contributed by atoms with Gasteiger partial charge < -0.3 is 10.0 Å². The van der Waals surface area contributed by atoms with Crippen molar-refractivity contribution in [2.24, 2.45) is 5.92 Å². The van der Waals surface area contributed by atoms with E-state index in [9.17, 15) is 5.11 Å². The first-order valence-corrected chi connectivity index (χ1v) is 6.58. The van der Waals surface area contributed by atoms with Gasteiger partial charge in [-0.1, -0.05) is 6.92 Å². The van der Waals surface area contributed by atoms with Crippen molar-refractivity contribution >= 4 is 5.69 Å². The average molecular weight is 234 g/mol. The van der Waals surface area contributed by atoms with Crippen molar-refractivity contribution in [3.8, 4) is 0 Å². The minimum absolute atomic E-state index is 0.208. The fourth-order valence-corrected chi connectivity index (χ4v) is 2.45. The van der Waals surface area contributed by atoms with Gasteiger partial charge in [0.1, 0.15) is 0 Å². The Morgan fingerprint density at radius 3 is 2.94 bits per heavy atom. The van der Waals surface area contributed by atoms with Crippen LogP contribution in [0.25, 0.3) is 0 Å². The van der Waals surface area contributed by atoms with Crippen molar-refractivity contribution in [1.82, 2.24) is 4.98 Å². The van der Waals surface area contributed by atoms with Gasteiger partial charge in [-0.15, -0.1) is 0 Å². The Hall–Kier alpha value is -1.09. The average Bonchev–Trinajstić information content (AvgIpc) is 2.39. The number of anilines is 1. The SMILES string of the molecule is CCc1ccc(N2CCCC(C(C)O)C2)cn1. The lowest BCUT2D eigenvalue weighted by Crippen LogP contribution is -2.39. The van der Waals surface area contributed by atoms with Crippen molar-refractivity contribution in [1.29, 1.82) is 0 Å². The fourth-order valence-electron chi connectivity index (χ4n) is 2.45. The highest BCUT2D eigenvalue weighted by atomic mass is 16.3. The maximum atomic E-state index is 9.68. The van der Waals surface area contributed by atoms with Crippen molar-refractivity contribution in [3.05, 3.63) is 24.0 Å². The van der Waals surface area contributed by atoms with Crippen LogP contribution in [0.2, 0.25) is 0 Å². The van der Waals surface area contributed by atoms with E-state index in [4.69, 9.17) is 0 Å². The largest absolute Gasteiger partial charge is 0.393 e. The lowest BCUT2D eigenvalue weighted by Gasteiger charge is -2.35. The van der Waals surface area contributed by atoms with E-state index < -0.39 is 0 Å². The number of pyridine rings is 1. The lowest BCUT2D eigenvalue weighted by atomic mass is 9.93. The Bertz CT molecular complexity index is 348. The van der Waals surface area contributed by atoms with Crippen LogP contribution in [-0.2, 0) is 6.42 Å². The van der Waals surface area contributed by atoms with Gasteiger partial charge in [-0.3, -0.25) is 4.98 Å². The second-order valence-corrected chi connectivity index (χ2v) is 4.95. The topological polar surface area (TPSA) is 36.4 Å². The van der Waals surface area contributed by atoms with Gasteiger partial charge in [0.05, 0.1) is 18.0 Å². The van der Waals surface area contributed by atoms with Crippen LogP contribution in [0.1, 0.15) is 32.4 Å². The molecule has 2 rings (SSSR count). The quantitative estimate of drug-likeness (QED) is 0.871. The van der Waals surface area contributed by atoms with Crippen molar-refractivity contribution in [3.63, 3.8) is 0 Å². The van der Waals surface area contributed by atoms with Crippen LogP contribution in [0.15, 0.2) is 18.3 Å². The van der Waals surface area contributed by atoms with E-state index in [-0.39, 0.29) is 6.10 Å². The highest BCUT2D eigenvalue weighted by molar-refractivity contribution is 5.45. The van der Waals surface area contributed by atoms with E-state index in [1.54, 1.807) is 0 Å². The van der Waals surface area contributed by atoms with Crippen LogP contribution in [0, 0.1) is 5.92 Å². The minimum atomic E-state index is -0.208. The monoisotopic (exact) mass is 234 g/mol. The van der Waals surface area contributed by atoms with E-state index >= 15 is 0 Å². The maximum absolute atomic E-state index is 9.68. The molecule has 0 spiro atoms. The van der Waals surface area contributed by atoms with Crippen LogP contribution in [0.4, 0.5) is 5.69 Å². The molecule has 2 atom stereocenters. The molecule has 1 aromatic rings. The van der Waals surface area contributed by atoms with Crippen molar-refractivity contribution in [2.45, 2.75) is 39.2 Å². The number of hydrogen-bond acceptors (Lipinski definition) is 3. The molecule has 1 saturated heterocycles. The summed E-state index contributed by atoms with van der Waals surface area (Å²) >= 11 is 0. The Labute approximate surface area is 103 Å². The first kappa shape index (κ1) is 12.4. The van der Waals surface area contributed by atoms with E-state index in [0.717, 1.165) is 38.0 Å². The highest BCUT2D eigenvalue weighted by Gasteiger charge is 2.23. The van der Waals surface area contributed by atoms with E-state index in [1.165, 1.54) is 5.69 Å². The molecule has 2 heterocycles. The van der Waals surface area contributed by atoms with Crippen LogP contribution in [0.3, 0.4) is 0 Å². The van der Waals surface area contributed by atoms with E-state index in [0.29, 0.717) is 5.92 Å². The molecule has 2 unspecified atom stereocenters. The summed E-state index contributed by atoms with van der Waals surface area (Å²) in [7, 11) is 0. The summed E-state index contributed by atoms with van der Waals surface area (Å²) in [4.78, 5) is 6.78. The van der Waals surface area contributed by atoms with Gasteiger partial charge in [-0.05, 0) is 38.3 Å². The molecule has 0 saturated carbocycles. The molecule has 0 aromatic carbocycles. The number of aryl methyl sites for hydroxylation is 1. The standard InChI is InChI=1S/C14H22N2O/c1-3-13-6-7-14(9-15-13)16-8-4-5-12(10-16)11(2)17/h6-7,9,11-12,17H,3-5,8,10H2,1-2H3. The van der Waals surface area contributed by atoms with Gasteiger partial charge >= 0.3 is 0 Å². The molecule has 1 aliphatic rings. The van der Waals surface area contributed by atoms with Gasteiger partial charge in [-0.25, -0.2) is 0 Å². The summed E-state index contributed by atoms with van der Waals surface area (Å²) < 4.78 is 0. The molecule has 0 bridgehead atoms. The van der Waals surface area contributed by atoms with E-state index in [1.807, 2.05) is 13.1 Å². The molecule has 94 valence electrons. The number of aromatic nitrogens is 1. The minimum Gasteiger partial charge on any atom is -0.393 e. The summed E-state index contributed by atoms with van der Waals surface area (Å²) in [5.41, 5.74) is 2.32. The molecule has 17 heavy (non-hydrogen) atoms. The Kier molecular flexibility index (Phi) is 4.00. The van der Waals surface area contributed by atoms with Crippen LogP contribution in [0.5, 0.6) is 0 Å². The summed E-state index contributed by atoms with van der Waals surface area (Å²) in [5.74, 6) is 0.398. The third kappa shape index (κ3) is 2.97. The van der Waals surface area contributed by atoms with Crippen molar-refractivity contribution in [2.75, 3.05) is 18.0 Å². The first-order chi connectivity index (χ1) is 8.20. The Morgan fingerprint density at radius 1 is 1.53 bits per heavy atom. The molecule has 0 aliphatic carbocycles. The van der Waals surface area contributed by atoms with Crippen LogP contribution >= 0.6 is 0 Å². The Morgan fingerprint density at radius 2 is 2.35 bits per heavy atom. The smallest absolute Gasteiger partial charge is 0.0557 e. The summed E-state index contributed by atoms with van der Waals surface area (Å²) in [5, 5.41) is 9.68. The zero-order chi connectivity index (χ0) is 12.3. The van der Waals surface area contributed by atoms with Crippen LogP contribution < -0.4 is 4.90 Å². The van der Waals surface area contributed by atoms with Crippen LogP contribution in [-0.4, -0.2) is 29.3 Å². The number of rotatable bonds is 3.